The maximum absolute atomic E-state index is 12.3. The zero-order valence-electron chi connectivity index (χ0n) is 12.2. The third-order valence-electron chi connectivity index (χ3n) is 3.28. The van der Waals surface area contributed by atoms with E-state index in [-0.39, 0.29) is 18.7 Å². The number of carbonyl (C=O) groups is 1. The highest BCUT2D eigenvalue weighted by atomic mass is 16.7. The minimum absolute atomic E-state index is 0.118. The highest BCUT2D eigenvalue weighted by Crippen LogP contribution is 2.32. The van der Waals surface area contributed by atoms with Gasteiger partial charge in [-0.25, -0.2) is 0 Å². The quantitative estimate of drug-likeness (QED) is 0.754. The van der Waals surface area contributed by atoms with E-state index in [1.54, 1.807) is 42.5 Å². The Bertz CT molecular complexity index is 864. The molecule has 2 aromatic carbocycles. The van der Waals surface area contributed by atoms with E-state index in [0.29, 0.717) is 28.5 Å². The Labute approximate surface area is 135 Å². The first-order valence-corrected chi connectivity index (χ1v) is 7.00. The number of carbonyl (C=O) groups excluding carboxylic acids is 1. The van der Waals surface area contributed by atoms with E-state index in [4.69, 9.17) is 14.2 Å². The maximum Gasteiger partial charge on any atom is 0.361 e. The monoisotopic (exact) mass is 325 g/mol. The number of nitrogens with zero attached hydrogens (tertiary/aromatic N) is 3. The van der Waals surface area contributed by atoms with Gasteiger partial charge in [-0.05, 0) is 47.7 Å². The minimum atomic E-state index is -0.250. The molecule has 0 aliphatic carbocycles. The van der Waals surface area contributed by atoms with Crippen molar-refractivity contribution in [2.75, 3.05) is 12.1 Å². The average Bonchev–Trinajstić information content (AvgIpc) is 3.27. The molecule has 3 aromatic rings. The van der Waals surface area contributed by atoms with E-state index >= 15 is 0 Å². The summed E-state index contributed by atoms with van der Waals surface area (Å²) in [5, 5.41) is 15.9. The van der Waals surface area contributed by atoms with Gasteiger partial charge in [0.05, 0.1) is 0 Å². The van der Waals surface area contributed by atoms with E-state index in [0.717, 1.165) is 0 Å². The molecule has 0 saturated heterocycles. The number of nitrogens with one attached hydrogen (secondary N) is 2. The number of tetrazole rings is 1. The number of aromatic nitrogens is 4. The second-order valence-electron chi connectivity index (χ2n) is 4.84. The Balaban J connectivity index is 1.44. The average molecular weight is 325 g/mol. The topological polar surface area (TPSA) is 111 Å². The first-order chi connectivity index (χ1) is 11.8. The normalized spacial score (nSPS) is 12.0. The van der Waals surface area contributed by atoms with Crippen molar-refractivity contribution in [1.29, 1.82) is 0 Å². The van der Waals surface area contributed by atoms with E-state index < -0.39 is 0 Å². The van der Waals surface area contributed by atoms with E-state index in [1.165, 1.54) is 0 Å². The number of hydrogen-bond donors (Lipinski definition) is 2. The molecule has 0 spiro atoms. The fraction of sp³-hybridized carbons (Fsp3) is 0.0667. The Morgan fingerprint density at radius 1 is 1.12 bits per heavy atom. The van der Waals surface area contributed by atoms with Crippen molar-refractivity contribution in [2.24, 2.45) is 0 Å². The fourth-order valence-electron chi connectivity index (χ4n) is 2.15. The number of rotatable bonds is 4. The largest absolute Gasteiger partial charge is 0.454 e. The number of H-pyrrole nitrogens is 1. The van der Waals surface area contributed by atoms with Crippen LogP contribution in [0.2, 0.25) is 0 Å². The summed E-state index contributed by atoms with van der Waals surface area (Å²) in [5.74, 6) is 1.47. The number of amides is 1. The highest BCUT2D eigenvalue weighted by Gasteiger charge is 2.16. The number of fused-ring (bicyclic) bond motifs is 1. The molecule has 0 radical (unpaired) electrons. The van der Waals surface area contributed by atoms with Crippen LogP contribution in [0.1, 0.15) is 10.4 Å². The molecule has 9 heteroatoms. The van der Waals surface area contributed by atoms with Crippen molar-refractivity contribution < 1.29 is 19.0 Å². The molecular weight excluding hydrogens is 314 g/mol. The van der Waals surface area contributed by atoms with Gasteiger partial charge in [0.1, 0.15) is 5.75 Å². The lowest BCUT2D eigenvalue weighted by molar-refractivity contribution is 0.102. The predicted molar refractivity (Wildman–Crippen MR) is 81.2 cm³/mol. The van der Waals surface area contributed by atoms with Gasteiger partial charge in [0.2, 0.25) is 6.79 Å². The second kappa shape index (κ2) is 5.88. The number of hydrogen-bond acceptors (Lipinski definition) is 7. The smallest absolute Gasteiger partial charge is 0.361 e. The molecule has 0 unspecified atom stereocenters. The van der Waals surface area contributed by atoms with Crippen molar-refractivity contribution in [1.82, 2.24) is 20.6 Å². The van der Waals surface area contributed by atoms with Crippen molar-refractivity contribution in [2.45, 2.75) is 0 Å². The van der Waals surface area contributed by atoms with Gasteiger partial charge in [-0.1, -0.05) is 10.2 Å². The molecule has 1 aromatic heterocycles. The summed E-state index contributed by atoms with van der Waals surface area (Å²) in [4.78, 5) is 12.3. The van der Waals surface area contributed by atoms with Crippen molar-refractivity contribution >= 4 is 11.6 Å². The first kappa shape index (κ1) is 14.0. The van der Waals surface area contributed by atoms with E-state index in [1.807, 2.05) is 0 Å². The van der Waals surface area contributed by atoms with Gasteiger partial charge >= 0.3 is 6.01 Å². The molecule has 2 N–H and O–H groups in total. The molecule has 0 fully saturated rings. The summed E-state index contributed by atoms with van der Waals surface area (Å²) in [6.45, 7) is 0.169. The minimum Gasteiger partial charge on any atom is -0.454 e. The van der Waals surface area contributed by atoms with Crippen LogP contribution in [0.5, 0.6) is 23.3 Å². The Hall–Kier alpha value is -3.62. The van der Waals surface area contributed by atoms with Crippen LogP contribution < -0.4 is 19.5 Å². The summed E-state index contributed by atoms with van der Waals surface area (Å²) >= 11 is 0. The lowest BCUT2D eigenvalue weighted by Gasteiger charge is -2.07. The number of ether oxygens (including phenoxy) is 3. The first-order valence-electron chi connectivity index (χ1n) is 7.00. The summed E-state index contributed by atoms with van der Waals surface area (Å²) in [6.07, 6.45) is 0. The van der Waals surface area contributed by atoms with Crippen LogP contribution in [-0.4, -0.2) is 33.3 Å². The Morgan fingerprint density at radius 3 is 2.75 bits per heavy atom. The Morgan fingerprint density at radius 2 is 1.96 bits per heavy atom. The number of anilines is 1. The summed E-state index contributed by atoms with van der Waals surface area (Å²) in [6, 6.07) is 11.9. The highest BCUT2D eigenvalue weighted by molar-refractivity contribution is 6.04. The molecule has 0 saturated carbocycles. The third-order valence-corrected chi connectivity index (χ3v) is 3.28. The van der Waals surface area contributed by atoms with Gasteiger partial charge in [0, 0.05) is 11.3 Å². The summed E-state index contributed by atoms with van der Waals surface area (Å²) in [7, 11) is 0. The molecule has 120 valence electrons. The molecule has 24 heavy (non-hydrogen) atoms. The van der Waals surface area contributed by atoms with Crippen molar-refractivity contribution in [3.05, 3.63) is 48.0 Å². The van der Waals surface area contributed by atoms with Crippen molar-refractivity contribution in [3.63, 3.8) is 0 Å². The van der Waals surface area contributed by atoms with Gasteiger partial charge in [0.25, 0.3) is 5.91 Å². The maximum atomic E-state index is 12.3. The summed E-state index contributed by atoms with van der Waals surface area (Å²) < 4.78 is 15.8. The molecule has 2 heterocycles. The van der Waals surface area contributed by atoms with Crippen LogP contribution in [0.4, 0.5) is 5.69 Å². The van der Waals surface area contributed by atoms with Gasteiger partial charge in [-0.15, -0.1) is 0 Å². The molecule has 0 atom stereocenters. The van der Waals surface area contributed by atoms with Crippen molar-refractivity contribution in [3.8, 4) is 23.3 Å². The molecule has 1 aliphatic rings. The third kappa shape index (κ3) is 2.82. The van der Waals surface area contributed by atoms with Crippen LogP contribution in [0, 0.1) is 0 Å². The van der Waals surface area contributed by atoms with Gasteiger partial charge in [0.15, 0.2) is 11.5 Å². The zero-order chi connectivity index (χ0) is 16.4. The fourth-order valence-corrected chi connectivity index (χ4v) is 2.15. The molecular formula is C15H11N5O4. The zero-order valence-corrected chi connectivity index (χ0v) is 12.2. The molecule has 1 aliphatic heterocycles. The van der Waals surface area contributed by atoms with Crippen LogP contribution in [0.25, 0.3) is 0 Å². The molecule has 9 nitrogen and oxygen atoms in total. The van der Waals surface area contributed by atoms with E-state index in [2.05, 4.69) is 25.9 Å². The van der Waals surface area contributed by atoms with Gasteiger partial charge in [-0.2, -0.15) is 5.21 Å². The van der Waals surface area contributed by atoms with Gasteiger partial charge in [-0.3, -0.25) is 4.79 Å². The standard InChI is InChI=1S/C15H11N5O4/c21-14(9-1-6-12-13(7-9)23-8-22-12)16-10-2-4-11(5-3-10)24-15-17-19-20-18-15/h1-7H,8H2,(H,16,21)(H,17,18,19,20). The summed E-state index contributed by atoms with van der Waals surface area (Å²) in [5.41, 5.74) is 1.10. The van der Waals surface area contributed by atoms with E-state index in [9.17, 15) is 4.79 Å². The second-order valence-corrected chi connectivity index (χ2v) is 4.84. The van der Waals surface area contributed by atoms with Crippen LogP contribution in [0.3, 0.4) is 0 Å². The van der Waals surface area contributed by atoms with Crippen LogP contribution in [-0.2, 0) is 0 Å². The number of benzene rings is 2. The van der Waals surface area contributed by atoms with Crippen LogP contribution >= 0.6 is 0 Å². The molecule has 0 bridgehead atoms. The molecule has 1 amide bonds. The predicted octanol–water partition coefficient (Wildman–Crippen LogP) is 1.97. The van der Waals surface area contributed by atoms with Crippen LogP contribution in [0.15, 0.2) is 42.5 Å². The Kier molecular flexibility index (Phi) is 3.43. The lowest BCUT2D eigenvalue weighted by Crippen LogP contribution is -2.11. The SMILES string of the molecule is O=C(Nc1ccc(Oc2nn[nH]n2)cc1)c1ccc2c(c1)OCO2. The number of aromatic amines is 1. The lowest BCUT2D eigenvalue weighted by atomic mass is 10.2. The van der Waals surface area contributed by atoms with Gasteiger partial charge < -0.3 is 19.5 Å². The molecule has 4 rings (SSSR count).